The third-order valence-electron chi connectivity index (χ3n) is 2.74. The van der Waals surface area contributed by atoms with E-state index in [1.807, 2.05) is 10.8 Å². The summed E-state index contributed by atoms with van der Waals surface area (Å²) in [5, 5.41) is 6.86. The van der Waals surface area contributed by atoms with E-state index >= 15 is 0 Å². The molecule has 0 aliphatic heterocycles. The Kier molecular flexibility index (Phi) is 5.63. The van der Waals surface area contributed by atoms with Crippen LogP contribution in [0.1, 0.15) is 31.9 Å². The van der Waals surface area contributed by atoms with E-state index in [4.69, 9.17) is 0 Å². The molecule has 0 amide bonds. The van der Waals surface area contributed by atoms with Crippen molar-refractivity contribution in [2.75, 3.05) is 12.8 Å². The number of rotatable bonds is 6. The van der Waals surface area contributed by atoms with Crippen molar-refractivity contribution in [3.05, 3.63) is 20.8 Å². The molecule has 6 heteroatoms. The van der Waals surface area contributed by atoms with E-state index in [-0.39, 0.29) is 6.04 Å². The minimum Gasteiger partial charge on any atom is -0.309 e. The van der Waals surface area contributed by atoms with Gasteiger partial charge in [0, 0.05) is 16.1 Å². The highest BCUT2D eigenvalue weighted by Gasteiger charge is 2.28. The molecule has 0 saturated carbocycles. The molecule has 0 aliphatic rings. The van der Waals surface area contributed by atoms with Gasteiger partial charge in [0.15, 0.2) is 9.84 Å². The standard InChI is InChI=1S/C11H18BrNO2S2/c1-4-5-13-11(8(2)17(3,14)15)9-6-16-7-10(9)12/h6-8,11,13H,4-5H2,1-3H3. The molecule has 3 nitrogen and oxygen atoms in total. The number of halogens is 1. The van der Waals surface area contributed by atoms with Gasteiger partial charge in [-0.3, -0.25) is 0 Å². The molecule has 0 radical (unpaired) electrons. The van der Waals surface area contributed by atoms with E-state index in [0.717, 1.165) is 23.0 Å². The van der Waals surface area contributed by atoms with Crippen LogP contribution < -0.4 is 5.32 Å². The van der Waals surface area contributed by atoms with Crippen molar-refractivity contribution >= 4 is 37.1 Å². The van der Waals surface area contributed by atoms with Gasteiger partial charge in [0.2, 0.25) is 0 Å². The lowest BCUT2D eigenvalue weighted by Crippen LogP contribution is -2.35. The van der Waals surface area contributed by atoms with Crippen LogP contribution in [0.5, 0.6) is 0 Å². The molecular weight excluding hydrogens is 322 g/mol. The summed E-state index contributed by atoms with van der Waals surface area (Å²) in [5.41, 5.74) is 1.03. The summed E-state index contributed by atoms with van der Waals surface area (Å²) in [6.07, 6.45) is 2.27. The second kappa shape index (κ2) is 6.31. The Hall–Kier alpha value is 0.0900. The molecule has 17 heavy (non-hydrogen) atoms. The number of hydrogen-bond acceptors (Lipinski definition) is 4. The predicted octanol–water partition coefficient (Wildman–Crippen LogP) is 2.98. The van der Waals surface area contributed by atoms with Crippen LogP contribution in [0.4, 0.5) is 0 Å². The smallest absolute Gasteiger partial charge is 0.151 e. The van der Waals surface area contributed by atoms with E-state index < -0.39 is 15.1 Å². The van der Waals surface area contributed by atoms with Crippen LogP contribution in [-0.4, -0.2) is 26.5 Å². The minimum absolute atomic E-state index is 0.148. The van der Waals surface area contributed by atoms with Crippen molar-refractivity contribution in [1.29, 1.82) is 0 Å². The summed E-state index contributed by atoms with van der Waals surface area (Å²) in [5.74, 6) is 0. The first kappa shape index (κ1) is 15.1. The van der Waals surface area contributed by atoms with Gasteiger partial charge in [0.05, 0.1) is 11.3 Å². The van der Waals surface area contributed by atoms with Crippen molar-refractivity contribution in [2.45, 2.75) is 31.6 Å². The highest BCUT2D eigenvalue weighted by molar-refractivity contribution is 9.10. The fourth-order valence-corrected chi connectivity index (χ4v) is 3.91. The Morgan fingerprint density at radius 2 is 2.12 bits per heavy atom. The van der Waals surface area contributed by atoms with E-state index in [1.165, 1.54) is 6.26 Å². The van der Waals surface area contributed by atoms with Gasteiger partial charge < -0.3 is 5.32 Å². The molecule has 0 bridgehead atoms. The lowest BCUT2D eigenvalue weighted by atomic mass is 10.1. The van der Waals surface area contributed by atoms with Crippen LogP contribution >= 0.6 is 27.3 Å². The third-order valence-corrected chi connectivity index (χ3v) is 6.11. The van der Waals surface area contributed by atoms with Crippen molar-refractivity contribution in [2.24, 2.45) is 0 Å². The lowest BCUT2D eigenvalue weighted by molar-refractivity contribution is 0.500. The normalized spacial score (nSPS) is 15.8. The molecule has 0 aromatic carbocycles. The number of nitrogens with one attached hydrogen (secondary N) is 1. The monoisotopic (exact) mass is 339 g/mol. The predicted molar refractivity (Wildman–Crippen MR) is 77.4 cm³/mol. The summed E-state index contributed by atoms with van der Waals surface area (Å²) >= 11 is 5.04. The zero-order valence-corrected chi connectivity index (χ0v) is 13.5. The maximum atomic E-state index is 11.7. The molecule has 1 N–H and O–H groups in total. The van der Waals surface area contributed by atoms with Gasteiger partial charge in [-0.15, -0.1) is 0 Å². The molecule has 1 aromatic heterocycles. The second-order valence-corrected chi connectivity index (χ2v) is 8.14. The molecule has 0 fully saturated rings. The summed E-state index contributed by atoms with van der Waals surface area (Å²) in [6.45, 7) is 4.64. The zero-order chi connectivity index (χ0) is 13.1. The Balaban J connectivity index is 3.00. The highest BCUT2D eigenvalue weighted by Crippen LogP contribution is 2.31. The maximum Gasteiger partial charge on any atom is 0.151 e. The zero-order valence-electron chi connectivity index (χ0n) is 10.2. The molecular formula is C11H18BrNO2S2. The lowest BCUT2D eigenvalue weighted by Gasteiger charge is -2.24. The van der Waals surface area contributed by atoms with Gasteiger partial charge in [-0.05, 0) is 46.8 Å². The topological polar surface area (TPSA) is 46.2 Å². The SMILES string of the molecule is CCCNC(c1cscc1Br)C(C)S(C)(=O)=O. The van der Waals surface area contributed by atoms with Crippen LogP contribution in [0, 0.1) is 0 Å². The first-order valence-electron chi connectivity index (χ1n) is 5.51. The molecule has 0 saturated heterocycles. The van der Waals surface area contributed by atoms with Gasteiger partial charge in [-0.25, -0.2) is 8.42 Å². The fourth-order valence-electron chi connectivity index (χ4n) is 1.59. The number of hydrogen-bond donors (Lipinski definition) is 1. The molecule has 2 unspecified atom stereocenters. The van der Waals surface area contributed by atoms with Crippen LogP contribution in [0.15, 0.2) is 15.2 Å². The maximum absolute atomic E-state index is 11.7. The van der Waals surface area contributed by atoms with E-state index in [0.29, 0.717) is 0 Å². The third kappa shape index (κ3) is 4.05. The molecule has 0 spiro atoms. The number of thiophene rings is 1. The molecule has 1 rings (SSSR count). The Bertz CT molecular complexity index is 456. The highest BCUT2D eigenvalue weighted by atomic mass is 79.9. The summed E-state index contributed by atoms with van der Waals surface area (Å²) in [7, 11) is -3.05. The molecule has 1 aromatic rings. The average Bonchev–Trinajstić information content (AvgIpc) is 2.64. The van der Waals surface area contributed by atoms with Gasteiger partial charge in [-0.1, -0.05) is 6.92 Å². The van der Waals surface area contributed by atoms with Crippen LogP contribution in [0.25, 0.3) is 0 Å². The first-order chi connectivity index (χ1) is 7.88. The molecule has 98 valence electrons. The minimum atomic E-state index is -3.05. The molecule has 1 heterocycles. The summed E-state index contributed by atoms with van der Waals surface area (Å²) < 4.78 is 24.4. The van der Waals surface area contributed by atoms with Gasteiger partial charge in [0.1, 0.15) is 0 Å². The van der Waals surface area contributed by atoms with Gasteiger partial charge in [0.25, 0.3) is 0 Å². The fraction of sp³-hybridized carbons (Fsp3) is 0.636. The van der Waals surface area contributed by atoms with Crippen LogP contribution in [0.2, 0.25) is 0 Å². The largest absolute Gasteiger partial charge is 0.309 e. The van der Waals surface area contributed by atoms with E-state index in [1.54, 1.807) is 18.3 Å². The van der Waals surface area contributed by atoms with E-state index in [2.05, 4.69) is 28.2 Å². The van der Waals surface area contributed by atoms with Gasteiger partial charge >= 0.3 is 0 Å². The van der Waals surface area contributed by atoms with Crippen molar-refractivity contribution < 1.29 is 8.42 Å². The van der Waals surface area contributed by atoms with Crippen molar-refractivity contribution in [3.8, 4) is 0 Å². The first-order valence-corrected chi connectivity index (χ1v) is 9.20. The Morgan fingerprint density at radius 1 is 1.47 bits per heavy atom. The quantitative estimate of drug-likeness (QED) is 0.866. The van der Waals surface area contributed by atoms with Crippen molar-refractivity contribution in [1.82, 2.24) is 5.32 Å². The van der Waals surface area contributed by atoms with Gasteiger partial charge in [-0.2, -0.15) is 11.3 Å². The van der Waals surface area contributed by atoms with E-state index in [9.17, 15) is 8.42 Å². The van der Waals surface area contributed by atoms with Crippen LogP contribution in [-0.2, 0) is 9.84 Å². The molecule has 2 atom stereocenters. The Labute approximate surface area is 116 Å². The molecule has 0 aliphatic carbocycles. The van der Waals surface area contributed by atoms with Crippen LogP contribution in [0.3, 0.4) is 0 Å². The Morgan fingerprint density at radius 3 is 2.53 bits per heavy atom. The number of sulfone groups is 1. The average molecular weight is 340 g/mol. The second-order valence-electron chi connectivity index (χ2n) is 4.14. The summed E-state index contributed by atoms with van der Waals surface area (Å²) in [6, 6.07) is -0.148. The summed E-state index contributed by atoms with van der Waals surface area (Å²) in [4.78, 5) is 0. The van der Waals surface area contributed by atoms with Crippen molar-refractivity contribution in [3.63, 3.8) is 0 Å².